The number of carbonyl (C=O) groups is 1. The van der Waals surface area contributed by atoms with Gasteiger partial charge in [-0.15, -0.1) is 0 Å². The zero-order chi connectivity index (χ0) is 24.7. The number of amides is 2. The van der Waals surface area contributed by atoms with Crippen molar-refractivity contribution < 1.29 is 18.0 Å². The molecular weight excluding hydrogens is 455 g/mol. The Morgan fingerprint density at radius 3 is 2.60 bits per heavy atom. The van der Waals surface area contributed by atoms with E-state index in [1.165, 1.54) is 18.2 Å². The van der Waals surface area contributed by atoms with Crippen molar-refractivity contribution in [2.75, 3.05) is 13.6 Å². The minimum Gasteiger partial charge on any atom is -0.352 e. The van der Waals surface area contributed by atoms with Crippen LogP contribution in [-0.2, 0) is 13.6 Å². The molecule has 2 aromatic heterocycles. The molecule has 2 heterocycles. The minimum absolute atomic E-state index is 0.0694. The minimum atomic E-state index is -0.658. The van der Waals surface area contributed by atoms with Crippen LogP contribution in [0.5, 0.6) is 0 Å². The molecule has 2 N–H and O–H groups in total. The third-order valence-electron chi connectivity index (χ3n) is 6.70. The highest BCUT2D eigenvalue weighted by atomic mass is 19.1. The molecule has 182 valence electrons. The van der Waals surface area contributed by atoms with Crippen LogP contribution in [0.1, 0.15) is 30.0 Å². The summed E-state index contributed by atoms with van der Waals surface area (Å²) in [4.78, 5) is 21.4. The van der Waals surface area contributed by atoms with Gasteiger partial charge in [-0.05, 0) is 66.1 Å². The molecule has 0 radical (unpaired) electrons. The third-order valence-corrected chi connectivity index (χ3v) is 6.70. The van der Waals surface area contributed by atoms with Gasteiger partial charge in [0.25, 0.3) is 0 Å². The Morgan fingerprint density at radius 2 is 1.91 bits per heavy atom. The lowest BCUT2D eigenvalue weighted by atomic mass is 9.70. The second-order valence-electron chi connectivity index (χ2n) is 9.33. The van der Waals surface area contributed by atoms with Gasteiger partial charge in [-0.1, -0.05) is 0 Å². The van der Waals surface area contributed by atoms with Crippen molar-refractivity contribution in [3.8, 4) is 11.3 Å². The van der Waals surface area contributed by atoms with E-state index in [0.29, 0.717) is 29.7 Å². The maximum atomic E-state index is 14.6. The van der Waals surface area contributed by atoms with Gasteiger partial charge in [0.05, 0.1) is 29.8 Å². The topological polar surface area (TPSA) is 66.0 Å². The first-order valence-electron chi connectivity index (χ1n) is 11.5. The number of halogens is 3. The molecule has 1 saturated carbocycles. The molecule has 2 amide bonds. The first-order valence-corrected chi connectivity index (χ1v) is 11.5. The number of urea groups is 1. The van der Waals surface area contributed by atoms with E-state index >= 15 is 0 Å². The molecule has 0 atom stereocenters. The lowest BCUT2D eigenvalue weighted by Crippen LogP contribution is -2.42. The van der Waals surface area contributed by atoms with Crippen molar-refractivity contribution in [1.29, 1.82) is 0 Å². The van der Waals surface area contributed by atoms with E-state index in [-0.39, 0.29) is 29.2 Å². The largest absolute Gasteiger partial charge is 0.352 e. The van der Waals surface area contributed by atoms with Crippen LogP contribution in [-0.4, -0.2) is 39.1 Å². The first kappa shape index (κ1) is 23.0. The number of nitrogens with one attached hydrogen (secondary N) is 2. The van der Waals surface area contributed by atoms with Crippen LogP contribution in [0.25, 0.3) is 22.2 Å². The average Bonchev–Trinajstić information content (AvgIpc) is 3.38. The van der Waals surface area contributed by atoms with E-state index in [1.807, 2.05) is 17.8 Å². The fourth-order valence-corrected chi connectivity index (χ4v) is 4.96. The molecule has 5 rings (SSSR count). The van der Waals surface area contributed by atoms with Gasteiger partial charge in [-0.2, -0.15) is 0 Å². The monoisotopic (exact) mass is 481 g/mol. The molecule has 1 aliphatic carbocycles. The predicted molar refractivity (Wildman–Crippen MR) is 127 cm³/mol. The molecule has 1 fully saturated rings. The molecular formula is C26H26F3N5O. The Hall–Kier alpha value is -3.75. The summed E-state index contributed by atoms with van der Waals surface area (Å²) in [6.45, 7) is 0.923. The number of aromatic nitrogens is 3. The second kappa shape index (κ2) is 9.13. The summed E-state index contributed by atoms with van der Waals surface area (Å²) in [6, 6.07) is 8.00. The molecule has 2 aromatic carbocycles. The van der Waals surface area contributed by atoms with Gasteiger partial charge in [0, 0.05) is 38.3 Å². The van der Waals surface area contributed by atoms with Crippen LogP contribution in [0, 0.1) is 23.4 Å². The number of carbonyl (C=O) groups excluding carboxylic acids is 1. The molecule has 0 unspecified atom stereocenters. The van der Waals surface area contributed by atoms with E-state index < -0.39 is 11.6 Å². The number of hydrogen-bond donors (Lipinski definition) is 2. The van der Waals surface area contributed by atoms with E-state index in [1.54, 1.807) is 30.4 Å². The SMILES string of the molecule is CN(CC1CC(c2c(-c3ccc(F)cc3)[nH]c3c(F)cc(F)cc23)C1)C(=O)NCc1cn(C)cn1. The Morgan fingerprint density at radius 1 is 1.17 bits per heavy atom. The van der Waals surface area contributed by atoms with Crippen LogP contribution in [0.3, 0.4) is 0 Å². The maximum Gasteiger partial charge on any atom is 0.317 e. The summed E-state index contributed by atoms with van der Waals surface area (Å²) in [6.07, 6.45) is 5.08. The average molecular weight is 482 g/mol. The van der Waals surface area contributed by atoms with E-state index in [2.05, 4.69) is 15.3 Å². The van der Waals surface area contributed by atoms with Crippen molar-refractivity contribution in [3.05, 3.63) is 77.6 Å². The second-order valence-corrected chi connectivity index (χ2v) is 9.33. The predicted octanol–water partition coefficient (Wildman–Crippen LogP) is 5.32. The highest BCUT2D eigenvalue weighted by Gasteiger charge is 2.35. The highest BCUT2D eigenvalue weighted by molar-refractivity contribution is 5.92. The van der Waals surface area contributed by atoms with Crippen LogP contribution in [0.2, 0.25) is 0 Å². The summed E-state index contributed by atoms with van der Waals surface area (Å²) in [5.74, 6) is -1.33. The number of hydrogen-bond acceptors (Lipinski definition) is 2. The molecule has 9 heteroatoms. The van der Waals surface area contributed by atoms with Crippen molar-refractivity contribution in [3.63, 3.8) is 0 Å². The van der Waals surface area contributed by atoms with Gasteiger partial charge in [0.15, 0.2) is 0 Å². The third kappa shape index (κ3) is 4.62. The number of aryl methyl sites for hydroxylation is 1. The molecule has 0 spiro atoms. The molecule has 1 aliphatic rings. The number of rotatable bonds is 6. The smallest absolute Gasteiger partial charge is 0.317 e. The lowest BCUT2D eigenvalue weighted by molar-refractivity contribution is 0.171. The quantitative estimate of drug-likeness (QED) is 0.391. The Balaban J connectivity index is 1.30. The van der Waals surface area contributed by atoms with E-state index in [0.717, 1.165) is 30.2 Å². The summed E-state index contributed by atoms with van der Waals surface area (Å²) in [5, 5.41) is 3.37. The molecule has 0 bridgehead atoms. The fourth-order valence-electron chi connectivity index (χ4n) is 4.96. The molecule has 0 aliphatic heterocycles. The standard InChI is InChI=1S/C26H26F3N5O/c1-33-13-20(31-14-33)11-30-26(35)34(2)12-15-7-17(8-15)23-21-9-19(28)10-22(29)25(21)32-24(23)16-3-5-18(27)6-4-16/h3-6,9-10,13-15,17,32H,7-8,11-12H2,1-2H3,(H,30,35). The molecule has 35 heavy (non-hydrogen) atoms. The summed E-state index contributed by atoms with van der Waals surface area (Å²) in [7, 11) is 3.62. The van der Waals surface area contributed by atoms with Gasteiger partial charge in [0.1, 0.15) is 17.5 Å². The number of benzene rings is 2. The molecule has 4 aromatic rings. The van der Waals surface area contributed by atoms with Crippen LogP contribution < -0.4 is 5.32 Å². The van der Waals surface area contributed by atoms with Crippen molar-refractivity contribution in [1.82, 2.24) is 24.8 Å². The summed E-state index contributed by atoms with van der Waals surface area (Å²) in [5.41, 5.74) is 3.25. The van der Waals surface area contributed by atoms with E-state index in [4.69, 9.17) is 0 Å². The van der Waals surface area contributed by atoms with Crippen molar-refractivity contribution in [2.45, 2.75) is 25.3 Å². The number of fused-ring (bicyclic) bond motifs is 1. The van der Waals surface area contributed by atoms with Crippen molar-refractivity contribution in [2.24, 2.45) is 13.0 Å². The van der Waals surface area contributed by atoms with Crippen LogP contribution >= 0.6 is 0 Å². The van der Waals surface area contributed by atoms with Gasteiger partial charge < -0.3 is 19.8 Å². The van der Waals surface area contributed by atoms with Gasteiger partial charge >= 0.3 is 6.03 Å². The van der Waals surface area contributed by atoms with Crippen LogP contribution in [0.15, 0.2) is 48.9 Å². The summed E-state index contributed by atoms with van der Waals surface area (Å²) >= 11 is 0. The van der Waals surface area contributed by atoms with Crippen molar-refractivity contribution >= 4 is 16.9 Å². The maximum absolute atomic E-state index is 14.6. The Kier molecular flexibility index (Phi) is 6.00. The number of nitrogens with zero attached hydrogens (tertiary/aromatic N) is 3. The van der Waals surface area contributed by atoms with Gasteiger partial charge in [-0.3, -0.25) is 0 Å². The number of imidazole rings is 1. The fraction of sp³-hybridized carbons (Fsp3) is 0.308. The zero-order valence-electron chi connectivity index (χ0n) is 19.5. The highest BCUT2D eigenvalue weighted by Crippen LogP contribution is 2.48. The normalized spacial score (nSPS) is 17.4. The zero-order valence-corrected chi connectivity index (χ0v) is 19.5. The Labute approximate surface area is 200 Å². The number of H-pyrrole nitrogens is 1. The number of aromatic amines is 1. The van der Waals surface area contributed by atoms with Gasteiger partial charge in [-0.25, -0.2) is 22.9 Å². The van der Waals surface area contributed by atoms with Gasteiger partial charge in [0.2, 0.25) is 0 Å². The molecule has 0 saturated heterocycles. The van der Waals surface area contributed by atoms with E-state index in [9.17, 15) is 18.0 Å². The van der Waals surface area contributed by atoms with Crippen LogP contribution in [0.4, 0.5) is 18.0 Å². The molecule has 6 nitrogen and oxygen atoms in total. The first-order chi connectivity index (χ1) is 16.8. The lowest BCUT2D eigenvalue weighted by Gasteiger charge is -2.38. The Bertz CT molecular complexity index is 1370. The summed E-state index contributed by atoms with van der Waals surface area (Å²) < 4.78 is 44.0.